The van der Waals surface area contributed by atoms with E-state index >= 15 is 0 Å². The molecule has 0 aliphatic carbocycles. The van der Waals surface area contributed by atoms with Crippen molar-refractivity contribution in [3.8, 4) is 0 Å². The summed E-state index contributed by atoms with van der Waals surface area (Å²) in [6.45, 7) is 3.31. The van der Waals surface area contributed by atoms with E-state index in [0.29, 0.717) is 37.4 Å². The number of rotatable bonds is 5. The van der Waals surface area contributed by atoms with Crippen molar-refractivity contribution in [3.05, 3.63) is 48.8 Å². The van der Waals surface area contributed by atoms with Crippen molar-refractivity contribution < 1.29 is 13.2 Å². The number of amides is 1. The number of carbonyl (C=O) groups is 1. The SMILES string of the molecule is CCN(C(=O)C1CCN(S(=O)(=O)c2ccn(C)c2)CC1)c1ccccc1. The molecule has 0 N–H and O–H groups in total. The Bertz CT molecular complexity index is 853. The fourth-order valence-corrected chi connectivity index (χ4v) is 4.94. The first-order valence-electron chi connectivity index (χ1n) is 8.92. The molecule has 1 fully saturated rings. The summed E-state index contributed by atoms with van der Waals surface area (Å²) in [5.41, 5.74) is 0.888. The van der Waals surface area contributed by atoms with Crippen molar-refractivity contribution in [1.29, 1.82) is 0 Å². The molecule has 0 spiro atoms. The normalized spacial score (nSPS) is 16.5. The molecule has 3 rings (SSSR count). The molecule has 1 aliphatic heterocycles. The summed E-state index contributed by atoms with van der Waals surface area (Å²) in [6, 6.07) is 11.2. The minimum Gasteiger partial charge on any atom is -0.356 e. The van der Waals surface area contributed by atoms with Gasteiger partial charge < -0.3 is 9.47 Å². The van der Waals surface area contributed by atoms with E-state index in [2.05, 4.69) is 0 Å². The molecule has 0 bridgehead atoms. The van der Waals surface area contributed by atoms with E-state index in [1.54, 1.807) is 35.0 Å². The molecule has 1 aromatic carbocycles. The van der Waals surface area contributed by atoms with Crippen LogP contribution in [0.4, 0.5) is 5.69 Å². The Morgan fingerprint density at radius 1 is 1.15 bits per heavy atom. The van der Waals surface area contributed by atoms with Crippen LogP contribution in [0.15, 0.2) is 53.7 Å². The number of aryl methyl sites for hydroxylation is 1. The third-order valence-electron chi connectivity index (χ3n) is 4.90. The first kappa shape index (κ1) is 18.7. The monoisotopic (exact) mass is 375 g/mol. The Morgan fingerprint density at radius 2 is 1.81 bits per heavy atom. The van der Waals surface area contributed by atoms with E-state index in [1.165, 1.54) is 4.31 Å². The van der Waals surface area contributed by atoms with Gasteiger partial charge in [0.15, 0.2) is 0 Å². The smallest absolute Gasteiger partial charge is 0.244 e. The summed E-state index contributed by atoms with van der Waals surface area (Å²) in [6.07, 6.45) is 4.44. The lowest BCUT2D eigenvalue weighted by atomic mass is 9.96. The minimum absolute atomic E-state index is 0.0791. The van der Waals surface area contributed by atoms with Gasteiger partial charge in [-0.2, -0.15) is 4.31 Å². The van der Waals surface area contributed by atoms with Crippen LogP contribution in [0.5, 0.6) is 0 Å². The van der Waals surface area contributed by atoms with Crippen molar-refractivity contribution in [1.82, 2.24) is 8.87 Å². The van der Waals surface area contributed by atoms with Crippen LogP contribution in [0.1, 0.15) is 19.8 Å². The van der Waals surface area contributed by atoms with Gasteiger partial charge in [0.1, 0.15) is 0 Å². The minimum atomic E-state index is -3.48. The zero-order valence-electron chi connectivity index (χ0n) is 15.2. The van der Waals surface area contributed by atoms with Crippen molar-refractivity contribution in [2.75, 3.05) is 24.5 Å². The van der Waals surface area contributed by atoms with Crippen LogP contribution >= 0.6 is 0 Å². The van der Waals surface area contributed by atoms with E-state index in [-0.39, 0.29) is 11.8 Å². The van der Waals surface area contributed by atoms with Crippen LogP contribution in [0, 0.1) is 5.92 Å². The lowest BCUT2D eigenvalue weighted by Gasteiger charge is -2.33. The van der Waals surface area contributed by atoms with E-state index < -0.39 is 10.0 Å². The molecule has 26 heavy (non-hydrogen) atoms. The highest BCUT2D eigenvalue weighted by Crippen LogP contribution is 2.27. The molecule has 1 amide bonds. The van der Waals surface area contributed by atoms with E-state index in [0.717, 1.165) is 5.69 Å². The standard InChI is InChI=1S/C19H25N3O3S/c1-3-22(17-7-5-4-6-8-17)19(23)16-9-13-21(14-10-16)26(24,25)18-11-12-20(2)15-18/h4-8,11-12,15-16H,3,9-10,13-14H2,1-2H3. The number of para-hydroxylation sites is 1. The number of piperidine rings is 1. The molecule has 1 aliphatic rings. The van der Waals surface area contributed by atoms with Gasteiger partial charge in [0, 0.05) is 50.7 Å². The van der Waals surface area contributed by atoms with Gasteiger partial charge in [-0.25, -0.2) is 8.42 Å². The van der Waals surface area contributed by atoms with Crippen LogP contribution in [0.2, 0.25) is 0 Å². The Balaban J connectivity index is 1.67. The molecular formula is C19H25N3O3S. The Morgan fingerprint density at radius 3 is 2.35 bits per heavy atom. The second-order valence-corrected chi connectivity index (χ2v) is 8.55. The summed E-state index contributed by atoms with van der Waals surface area (Å²) in [7, 11) is -1.68. The lowest BCUT2D eigenvalue weighted by molar-refractivity contribution is -0.123. The van der Waals surface area contributed by atoms with Crippen LogP contribution in [0.25, 0.3) is 0 Å². The number of benzene rings is 1. The largest absolute Gasteiger partial charge is 0.356 e. The Labute approximate surface area is 155 Å². The third kappa shape index (κ3) is 3.68. The Hall–Kier alpha value is -2.12. The highest BCUT2D eigenvalue weighted by Gasteiger charge is 2.34. The highest BCUT2D eigenvalue weighted by molar-refractivity contribution is 7.89. The first-order chi connectivity index (χ1) is 12.4. The van der Waals surface area contributed by atoms with E-state index in [4.69, 9.17) is 0 Å². The number of nitrogens with zero attached hydrogens (tertiary/aromatic N) is 3. The number of sulfonamides is 1. The topological polar surface area (TPSA) is 62.6 Å². The maximum atomic E-state index is 12.9. The van der Waals surface area contributed by atoms with Crippen molar-refractivity contribution in [3.63, 3.8) is 0 Å². The van der Waals surface area contributed by atoms with Crippen molar-refractivity contribution in [2.24, 2.45) is 13.0 Å². The molecule has 1 aromatic heterocycles. The van der Waals surface area contributed by atoms with Gasteiger partial charge in [-0.05, 0) is 38.0 Å². The first-order valence-corrected chi connectivity index (χ1v) is 10.4. The molecule has 1 saturated heterocycles. The van der Waals surface area contributed by atoms with Gasteiger partial charge in [0.25, 0.3) is 0 Å². The van der Waals surface area contributed by atoms with E-state index in [9.17, 15) is 13.2 Å². The predicted octanol–water partition coefficient (Wildman–Crippen LogP) is 2.48. The molecule has 0 radical (unpaired) electrons. The van der Waals surface area contributed by atoms with Crippen molar-refractivity contribution >= 4 is 21.6 Å². The summed E-state index contributed by atoms with van der Waals surface area (Å²) in [5, 5.41) is 0. The molecular weight excluding hydrogens is 350 g/mol. The van der Waals surface area contributed by atoms with Crippen LogP contribution < -0.4 is 4.90 Å². The van der Waals surface area contributed by atoms with Crippen LogP contribution in [-0.2, 0) is 21.9 Å². The zero-order valence-corrected chi connectivity index (χ0v) is 16.0. The average Bonchev–Trinajstić information content (AvgIpc) is 3.10. The summed E-state index contributed by atoms with van der Waals surface area (Å²) in [5.74, 6) is -0.0622. The third-order valence-corrected chi connectivity index (χ3v) is 6.78. The summed E-state index contributed by atoms with van der Waals surface area (Å²) < 4.78 is 28.6. The van der Waals surface area contributed by atoms with Crippen molar-refractivity contribution in [2.45, 2.75) is 24.7 Å². The second kappa shape index (κ2) is 7.63. The van der Waals surface area contributed by atoms with Crippen LogP contribution in [-0.4, -0.2) is 42.8 Å². The maximum absolute atomic E-state index is 12.9. The summed E-state index contributed by atoms with van der Waals surface area (Å²) >= 11 is 0. The molecule has 2 aromatic rings. The van der Waals surface area contributed by atoms with Gasteiger partial charge in [-0.3, -0.25) is 4.79 Å². The second-order valence-electron chi connectivity index (χ2n) is 6.61. The Kier molecular flexibility index (Phi) is 5.48. The number of aromatic nitrogens is 1. The quantitative estimate of drug-likeness (QED) is 0.807. The van der Waals surface area contributed by atoms with Gasteiger partial charge in [0.05, 0.1) is 4.90 Å². The molecule has 140 valence electrons. The number of carbonyl (C=O) groups excluding carboxylic acids is 1. The highest BCUT2D eigenvalue weighted by atomic mass is 32.2. The van der Waals surface area contributed by atoms with Gasteiger partial charge in [0.2, 0.25) is 15.9 Å². The fourth-order valence-electron chi connectivity index (χ4n) is 3.42. The van der Waals surface area contributed by atoms with Gasteiger partial charge in [-0.15, -0.1) is 0 Å². The summed E-state index contributed by atoms with van der Waals surface area (Å²) in [4.78, 5) is 15.0. The maximum Gasteiger partial charge on any atom is 0.244 e. The molecule has 6 nitrogen and oxygen atoms in total. The van der Waals surface area contributed by atoms with Gasteiger partial charge >= 0.3 is 0 Å². The fraction of sp³-hybridized carbons (Fsp3) is 0.421. The number of hydrogen-bond donors (Lipinski definition) is 0. The molecule has 0 saturated carbocycles. The van der Waals surface area contributed by atoms with E-state index in [1.807, 2.05) is 37.3 Å². The molecule has 2 heterocycles. The number of hydrogen-bond acceptors (Lipinski definition) is 3. The molecule has 0 atom stereocenters. The van der Waals surface area contributed by atoms with Crippen LogP contribution in [0.3, 0.4) is 0 Å². The molecule has 7 heteroatoms. The zero-order chi connectivity index (χ0) is 18.7. The lowest BCUT2D eigenvalue weighted by Crippen LogP contribution is -2.44. The average molecular weight is 375 g/mol. The molecule has 0 unspecified atom stereocenters. The number of anilines is 1. The van der Waals surface area contributed by atoms with Gasteiger partial charge in [-0.1, -0.05) is 18.2 Å². The predicted molar refractivity (Wildman–Crippen MR) is 101 cm³/mol.